The number of urea groups is 1. The first kappa shape index (κ1) is 16.2. The van der Waals surface area contributed by atoms with Crippen LogP contribution < -0.4 is 10.6 Å². The number of carbonyl (C=O) groups is 1. The van der Waals surface area contributed by atoms with Crippen LogP contribution in [0.1, 0.15) is 12.7 Å². The molecular formula is C17H17N3O3S. The summed E-state index contributed by atoms with van der Waals surface area (Å²) < 4.78 is 5.18. The number of aromatic nitrogens is 1. The van der Waals surface area contributed by atoms with Crippen molar-refractivity contribution < 1.29 is 14.3 Å². The number of carbonyl (C=O) groups excluding carboxylic acids is 1. The number of aliphatic hydroxyl groups is 1. The van der Waals surface area contributed by atoms with Gasteiger partial charge in [-0.25, -0.2) is 9.78 Å². The first-order valence-corrected chi connectivity index (χ1v) is 8.24. The Bertz CT molecular complexity index is 798. The highest BCUT2D eigenvalue weighted by molar-refractivity contribution is 7.13. The lowest BCUT2D eigenvalue weighted by Crippen LogP contribution is -2.40. The molecule has 3 aromatic rings. The molecule has 0 spiro atoms. The molecule has 1 atom stereocenters. The quantitative estimate of drug-likeness (QED) is 0.662. The minimum absolute atomic E-state index is 0.0263. The standard InChI is InChI=1S/C17H17N3O3S/c1-17(22,14-6-3-8-23-14)11-19-16(21)20-13-5-2-4-12(10-13)15-18-7-9-24-15/h2-10,22H,11H2,1H3,(H2,19,20,21). The van der Waals surface area contributed by atoms with E-state index in [-0.39, 0.29) is 6.54 Å². The number of hydrogen-bond acceptors (Lipinski definition) is 5. The summed E-state index contributed by atoms with van der Waals surface area (Å²) >= 11 is 1.53. The Hall–Kier alpha value is -2.64. The second-order valence-corrected chi connectivity index (χ2v) is 6.37. The van der Waals surface area contributed by atoms with E-state index in [1.165, 1.54) is 17.6 Å². The molecule has 24 heavy (non-hydrogen) atoms. The summed E-state index contributed by atoms with van der Waals surface area (Å²) in [5, 5.41) is 18.5. The summed E-state index contributed by atoms with van der Waals surface area (Å²) in [7, 11) is 0. The van der Waals surface area contributed by atoms with Crippen molar-refractivity contribution in [2.45, 2.75) is 12.5 Å². The van der Waals surface area contributed by atoms with Gasteiger partial charge >= 0.3 is 6.03 Å². The first-order valence-electron chi connectivity index (χ1n) is 7.36. The van der Waals surface area contributed by atoms with Gasteiger partial charge in [-0.3, -0.25) is 0 Å². The molecule has 0 bridgehead atoms. The van der Waals surface area contributed by atoms with Crippen molar-refractivity contribution in [3.8, 4) is 10.6 Å². The topological polar surface area (TPSA) is 87.4 Å². The average Bonchev–Trinajstić information content (AvgIpc) is 3.26. The normalized spacial score (nSPS) is 13.2. The van der Waals surface area contributed by atoms with Gasteiger partial charge in [0.2, 0.25) is 0 Å². The van der Waals surface area contributed by atoms with Crippen molar-refractivity contribution in [3.63, 3.8) is 0 Å². The van der Waals surface area contributed by atoms with Gasteiger partial charge in [0.05, 0.1) is 12.8 Å². The van der Waals surface area contributed by atoms with Crippen LogP contribution in [0, 0.1) is 0 Å². The fourth-order valence-electron chi connectivity index (χ4n) is 2.20. The second-order valence-electron chi connectivity index (χ2n) is 5.48. The Balaban J connectivity index is 1.60. The molecule has 0 aliphatic rings. The number of amides is 2. The van der Waals surface area contributed by atoms with E-state index in [9.17, 15) is 9.90 Å². The molecule has 2 aromatic heterocycles. The summed E-state index contributed by atoms with van der Waals surface area (Å²) in [5.41, 5.74) is 0.312. The lowest BCUT2D eigenvalue weighted by molar-refractivity contribution is 0.0372. The maximum absolute atomic E-state index is 12.0. The number of hydrogen-bond donors (Lipinski definition) is 3. The molecule has 1 aromatic carbocycles. The van der Waals surface area contributed by atoms with Gasteiger partial charge in [0.25, 0.3) is 0 Å². The fraction of sp³-hybridized carbons (Fsp3) is 0.176. The van der Waals surface area contributed by atoms with Crippen LogP contribution in [0.5, 0.6) is 0 Å². The highest BCUT2D eigenvalue weighted by Gasteiger charge is 2.26. The fourth-order valence-corrected chi connectivity index (χ4v) is 2.83. The molecule has 0 saturated heterocycles. The number of nitrogens with one attached hydrogen (secondary N) is 2. The zero-order chi connectivity index (χ0) is 17.0. The van der Waals surface area contributed by atoms with Crippen molar-refractivity contribution >= 4 is 23.1 Å². The smallest absolute Gasteiger partial charge is 0.319 e. The highest BCUT2D eigenvalue weighted by Crippen LogP contribution is 2.24. The Morgan fingerprint density at radius 1 is 1.38 bits per heavy atom. The van der Waals surface area contributed by atoms with Crippen molar-refractivity contribution in [2.24, 2.45) is 0 Å². The van der Waals surface area contributed by atoms with Crippen LogP contribution in [0.4, 0.5) is 10.5 Å². The molecule has 6 nitrogen and oxygen atoms in total. The number of rotatable bonds is 5. The third kappa shape index (κ3) is 3.81. The first-order chi connectivity index (χ1) is 11.5. The van der Waals surface area contributed by atoms with Gasteiger partial charge in [-0.2, -0.15) is 0 Å². The van der Waals surface area contributed by atoms with Crippen LogP contribution >= 0.6 is 11.3 Å². The summed E-state index contributed by atoms with van der Waals surface area (Å²) in [6, 6.07) is 10.4. The molecule has 0 radical (unpaired) electrons. The van der Waals surface area contributed by atoms with E-state index in [0.29, 0.717) is 11.4 Å². The molecule has 2 amide bonds. The van der Waals surface area contributed by atoms with Crippen LogP contribution in [-0.4, -0.2) is 22.7 Å². The Labute approximate surface area is 143 Å². The van der Waals surface area contributed by atoms with E-state index in [0.717, 1.165) is 10.6 Å². The molecule has 0 saturated carbocycles. The van der Waals surface area contributed by atoms with Crippen molar-refractivity contribution in [1.82, 2.24) is 10.3 Å². The molecule has 7 heteroatoms. The Morgan fingerprint density at radius 3 is 2.96 bits per heavy atom. The number of nitrogens with zero attached hydrogens (tertiary/aromatic N) is 1. The maximum atomic E-state index is 12.0. The summed E-state index contributed by atoms with van der Waals surface area (Å²) in [6.07, 6.45) is 3.22. The summed E-state index contributed by atoms with van der Waals surface area (Å²) in [5.74, 6) is 0.397. The van der Waals surface area contributed by atoms with Crippen molar-refractivity contribution in [3.05, 3.63) is 60.0 Å². The summed E-state index contributed by atoms with van der Waals surface area (Å²) in [4.78, 5) is 16.3. The van der Waals surface area contributed by atoms with Gasteiger partial charge in [0, 0.05) is 22.8 Å². The minimum Gasteiger partial charge on any atom is -0.466 e. The third-order valence-corrected chi connectivity index (χ3v) is 4.27. The van der Waals surface area contributed by atoms with Crippen LogP contribution in [0.3, 0.4) is 0 Å². The van der Waals surface area contributed by atoms with Gasteiger partial charge < -0.3 is 20.2 Å². The molecule has 3 rings (SSSR count). The predicted molar refractivity (Wildman–Crippen MR) is 92.9 cm³/mol. The number of thiazole rings is 1. The maximum Gasteiger partial charge on any atom is 0.319 e. The minimum atomic E-state index is -1.27. The van der Waals surface area contributed by atoms with E-state index < -0.39 is 11.6 Å². The lowest BCUT2D eigenvalue weighted by atomic mass is 10.0. The van der Waals surface area contributed by atoms with E-state index >= 15 is 0 Å². The average molecular weight is 343 g/mol. The van der Waals surface area contributed by atoms with Gasteiger partial charge in [0.1, 0.15) is 16.4 Å². The van der Waals surface area contributed by atoms with E-state index in [2.05, 4.69) is 15.6 Å². The summed E-state index contributed by atoms with van der Waals surface area (Å²) in [6.45, 7) is 1.60. The van der Waals surface area contributed by atoms with Crippen molar-refractivity contribution in [2.75, 3.05) is 11.9 Å². The van der Waals surface area contributed by atoms with Crippen LogP contribution in [-0.2, 0) is 5.60 Å². The number of benzene rings is 1. The Morgan fingerprint density at radius 2 is 2.25 bits per heavy atom. The largest absolute Gasteiger partial charge is 0.466 e. The molecule has 1 unspecified atom stereocenters. The van der Waals surface area contributed by atoms with E-state index in [1.54, 1.807) is 31.3 Å². The SMILES string of the molecule is CC(O)(CNC(=O)Nc1cccc(-c2nccs2)c1)c1ccco1. The van der Waals surface area contributed by atoms with Crippen LogP contribution in [0.2, 0.25) is 0 Å². The molecule has 0 aliphatic carbocycles. The molecule has 124 valence electrons. The van der Waals surface area contributed by atoms with Gasteiger partial charge in [-0.1, -0.05) is 12.1 Å². The van der Waals surface area contributed by atoms with Crippen LogP contribution in [0.25, 0.3) is 10.6 Å². The molecule has 0 aliphatic heterocycles. The third-order valence-electron chi connectivity index (χ3n) is 3.44. The van der Waals surface area contributed by atoms with Gasteiger partial charge in [0.15, 0.2) is 0 Å². The molecule has 3 N–H and O–H groups in total. The van der Waals surface area contributed by atoms with Gasteiger partial charge in [-0.05, 0) is 31.2 Å². The highest BCUT2D eigenvalue weighted by atomic mass is 32.1. The molecule has 2 heterocycles. The Kier molecular flexibility index (Phi) is 4.64. The van der Waals surface area contributed by atoms with E-state index in [4.69, 9.17) is 4.42 Å². The lowest BCUT2D eigenvalue weighted by Gasteiger charge is -2.21. The number of furan rings is 1. The second kappa shape index (κ2) is 6.86. The molecule has 0 fully saturated rings. The van der Waals surface area contributed by atoms with Crippen molar-refractivity contribution in [1.29, 1.82) is 0 Å². The molecular weight excluding hydrogens is 326 g/mol. The predicted octanol–water partition coefficient (Wildman–Crippen LogP) is 3.43. The zero-order valence-corrected chi connectivity index (χ0v) is 13.8. The van der Waals surface area contributed by atoms with E-state index in [1.807, 2.05) is 23.6 Å². The van der Waals surface area contributed by atoms with Gasteiger partial charge in [-0.15, -0.1) is 11.3 Å². The monoisotopic (exact) mass is 343 g/mol. The zero-order valence-electron chi connectivity index (χ0n) is 13.0. The number of anilines is 1. The van der Waals surface area contributed by atoms with Crippen LogP contribution in [0.15, 0.2) is 58.7 Å².